The molecule has 0 saturated heterocycles. The standard InChI is InChI=1S/C10H10N4O5S/c1-7-9(2-5-19-14(17)18)20-10(11-7)8-6-12(15)3-4-13(8)16/h3-4,6H,2,5H2,1H3. The van der Waals surface area contributed by atoms with Gasteiger partial charge in [-0.15, -0.1) is 21.5 Å². The molecule has 0 aliphatic heterocycles. The fourth-order valence-corrected chi connectivity index (χ4v) is 2.60. The molecule has 0 spiro atoms. The van der Waals surface area contributed by atoms with Gasteiger partial charge in [-0.3, -0.25) is 0 Å². The van der Waals surface area contributed by atoms with Gasteiger partial charge in [0.15, 0.2) is 5.01 Å². The van der Waals surface area contributed by atoms with E-state index in [1.54, 1.807) is 6.92 Å². The van der Waals surface area contributed by atoms with E-state index in [1.807, 2.05) is 0 Å². The van der Waals surface area contributed by atoms with Gasteiger partial charge in [0.2, 0.25) is 12.4 Å². The second-order valence-corrected chi connectivity index (χ2v) is 4.92. The average Bonchev–Trinajstić information content (AvgIpc) is 2.73. The van der Waals surface area contributed by atoms with Crippen molar-refractivity contribution in [3.63, 3.8) is 0 Å². The minimum absolute atomic E-state index is 0.0802. The molecule has 106 valence electrons. The Morgan fingerprint density at radius 1 is 1.45 bits per heavy atom. The number of hydrogen-bond donors (Lipinski definition) is 0. The van der Waals surface area contributed by atoms with Crippen LogP contribution < -0.4 is 9.46 Å². The molecule has 0 aliphatic carbocycles. The van der Waals surface area contributed by atoms with E-state index in [0.717, 1.165) is 23.5 Å². The number of thiazole rings is 1. The van der Waals surface area contributed by atoms with Crippen molar-refractivity contribution in [2.24, 2.45) is 0 Å². The Hall–Kier alpha value is -2.49. The molecule has 2 heterocycles. The first-order valence-corrected chi connectivity index (χ1v) is 6.35. The molecule has 2 aromatic rings. The molecule has 9 nitrogen and oxygen atoms in total. The van der Waals surface area contributed by atoms with Crippen molar-refractivity contribution >= 4 is 11.3 Å². The molecule has 20 heavy (non-hydrogen) atoms. The summed E-state index contributed by atoms with van der Waals surface area (Å²) in [5.41, 5.74) is 0.787. The summed E-state index contributed by atoms with van der Waals surface area (Å²) in [5, 5.41) is 32.4. The van der Waals surface area contributed by atoms with Crippen molar-refractivity contribution in [2.45, 2.75) is 13.3 Å². The molecule has 0 N–H and O–H groups in total. The van der Waals surface area contributed by atoms with Gasteiger partial charge in [-0.1, -0.05) is 0 Å². The molecule has 2 rings (SSSR count). The van der Waals surface area contributed by atoms with E-state index in [4.69, 9.17) is 0 Å². The Bertz CT molecular complexity index is 645. The van der Waals surface area contributed by atoms with E-state index in [-0.39, 0.29) is 12.3 Å². The Balaban J connectivity index is 2.22. The lowest BCUT2D eigenvalue weighted by atomic mass is 10.3. The largest absolute Gasteiger partial charge is 0.618 e. The van der Waals surface area contributed by atoms with Gasteiger partial charge in [0.25, 0.3) is 11.3 Å². The first-order chi connectivity index (χ1) is 9.47. The predicted molar refractivity (Wildman–Crippen MR) is 66.9 cm³/mol. The molecule has 2 aromatic heterocycles. The fourth-order valence-electron chi connectivity index (χ4n) is 1.56. The maximum Gasteiger partial charge on any atom is 0.318 e. The van der Waals surface area contributed by atoms with Crippen LogP contribution in [0.2, 0.25) is 0 Å². The monoisotopic (exact) mass is 298 g/mol. The minimum Gasteiger partial charge on any atom is -0.618 e. The van der Waals surface area contributed by atoms with Crippen LogP contribution in [0, 0.1) is 27.5 Å². The highest BCUT2D eigenvalue weighted by Crippen LogP contribution is 2.25. The van der Waals surface area contributed by atoms with Crippen LogP contribution in [0.1, 0.15) is 10.6 Å². The van der Waals surface area contributed by atoms with Crippen LogP contribution in [-0.2, 0) is 11.3 Å². The second kappa shape index (κ2) is 5.65. The highest BCUT2D eigenvalue weighted by molar-refractivity contribution is 7.15. The fraction of sp³-hybridized carbons (Fsp3) is 0.300. The van der Waals surface area contributed by atoms with Gasteiger partial charge in [0.05, 0.1) is 5.69 Å². The van der Waals surface area contributed by atoms with Crippen molar-refractivity contribution in [3.05, 3.63) is 49.7 Å². The first kappa shape index (κ1) is 13.9. The van der Waals surface area contributed by atoms with Gasteiger partial charge in [0, 0.05) is 11.3 Å². The Morgan fingerprint density at radius 3 is 2.90 bits per heavy atom. The summed E-state index contributed by atoms with van der Waals surface area (Å²) in [6.45, 7) is 1.65. The average molecular weight is 298 g/mol. The maximum absolute atomic E-state index is 11.6. The maximum atomic E-state index is 11.6. The molecule has 0 saturated carbocycles. The third-order valence-electron chi connectivity index (χ3n) is 2.47. The molecule has 0 atom stereocenters. The molecular weight excluding hydrogens is 288 g/mol. The van der Waals surface area contributed by atoms with Crippen molar-refractivity contribution in [2.75, 3.05) is 6.61 Å². The van der Waals surface area contributed by atoms with Crippen LogP contribution in [0.5, 0.6) is 0 Å². The second-order valence-electron chi connectivity index (χ2n) is 3.83. The molecule has 0 aliphatic rings. The van der Waals surface area contributed by atoms with Crippen LogP contribution in [0.15, 0.2) is 18.6 Å². The van der Waals surface area contributed by atoms with Crippen LogP contribution >= 0.6 is 11.3 Å². The summed E-state index contributed by atoms with van der Waals surface area (Å²) in [6, 6.07) is 0. The lowest BCUT2D eigenvalue weighted by molar-refractivity contribution is -0.757. The van der Waals surface area contributed by atoms with Crippen LogP contribution in [-0.4, -0.2) is 16.7 Å². The normalized spacial score (nSPS) is 10.4. The molecule has 0 aromatic carbocycles. The Labute approximate surface area is 117 Å². The highest BCUT2D eigenvalue weighted by Gasteiger charge is 2.19. The van der Waals surface area contributed by atoms with Gasteiger partial charge in [-0.25, -0.2) is 4.98 Å². The van der Waals surface area contributed by atoms with Gasteiger partial charge in [-0.2, -0.15) is 9.46 Å². The van der Waals surface area contributed by atoms with Gasteiger partial charge >= 0.3 is 5.69 Å². The highest BCUT2D eigenvalue weighted by atomic mass is 32.1. The van der Waals surface area contributed by atoms with Gasteiger partial charge in [0.1, 0.15) is 6.61 Å². The van der Waals surface area contributed by atoms with Crippen molar-refractivity contribution in [1.82, 2.24) is 4.98 Å². The van der Waals surface area contributed by atoms with Gasteiger partial charge in [-0.05, 0) is 6.92 Å². The number of hydrogen-bond acceptors (Lipinski definition) is 7. The minimum atomic E-state index is -0.861. The summed E-state index contributed by atoms with van der Waals surface area (Å²) < 4.78 is 1.06. The van der Waals surface area contributed by atoms with E-state index >= 15 is 0 Å². The van der Waals surface area contributed by atoms with Crippen molar-refractivity contribution in [3.8, 4) is 10.7 Å². The lowest BCUT2D eigenvalue weighted by Crippen LogP contribution is -2.37. The van der Waals surface area contributed by atoms with Crippen molar-refractivity contribution < 1.29 is 19.4 Å². The summed E-state index contributed by atoms with van der Waals surface area (Å²) in [5.74, 6) is 0. The predicted octanol–water partition coefficient (Wildman–Crippen LogP) is 0.136. The number of aromatic nitrogens is 3. The quantitative estimate of drug-likeness (QED) is 0.335. The Morgan fingerprint density at radius 2 is 2.20 bits per heavy atom. The van der Waals surface area contributed by atoms with E-state index in [1.165, 1.54) is 11.3 Å². The molecule has 0 amide bonds. The van der Waals surface area contributed by atoms with E-state index in [9.17, 15) is 20.5 Å². The van der Waals surface area contributed by atoms with E-state index < -0.39 is 5.09 Å². The van der Waals surface area contributed by atoms with E-state index in [0.29, 0.717) is 26.6 Å². The van der Waals surface area contributed by atoms with Crippen LogP contribution in [0.3, 0.4) is 0 Å². The third-order valence-corrected chi connectivity index (χ3v) is 3.71. The number of rotatable bonds is 5. The van der Waals surface area contributed by atoms with E-state index in [2.05, 4.69) is 9.82 Å². The molecular formula is C10H10N4O5S. The lowest BCUT2D eigenvalue weighted by Gasteiger charge is -2.00. The number of nitrogens with zero attached hydrogens (tertiary/aromatic N) is 4. The summed E-state index contributed by atoms with van der Waals surface area (Å²) in [4.78, 5) is 19.3. The summed E-state index contributed by atoms with van der Waals surface area (Å²) in [7, 11) is 0. The SMILES string of the molecule is Cc1nc(-c2c[n+]([O-])cc[n+]2[O-])sc1CCO[N+](=O)[O-]. The zero-order valence-electron chi connectivity index (χ0n) is 10.4. The molecule has 0 unspecified atom stereocenters. The molecule has 10 heteroatoms. The molecule has 0 fully saturated rings. The summed E-state index contributed by atoms with van der Waals surface area (Å²) in [6.07, 6.45) is 3.62. The summed E-state index contributed by atoms with van der Waals surface area (Å²) >= 11 is 1.20. The van der Waals surface area contributed by atoms with Gasteiger partial charge < -0.3 is 15.3 Å². The zero-order valence-corrected chi connectivity index (χ0v) is 11.2. The smallest absolute Gasteiger partial charge is 0.318 e. The van der Waals surface area contributed by atoms with Crippen LogP contribution in [0.4, 0.5) is 0 Å². The topological polar surface area (TPSA) is 119 Å². The molecule has 0 radical (unpaired) electrons. The first-order valence-electron chi connectivity index (χ1n) is 5.53. The molecule has 0 bridgehead atoms. The Kier molecular flexibility index (Phi) is 3.94. The zero-order chi connectivity index (χ0) is 14.7. The van der Waals surface area contributed by atoms with Crippen molar-refractivity contribution in [1.29, 1.82) is 0 Å². The van der Waals surface area contributed by atoms with Crippen LogP contribution in [0.25, 0.3) is 10.7 Å². The number of aryl methyl sites for hydroxylation is 1. The third kappa shape index (κ3) is 3.09.